The van der Waals surface area contributed by atoms with Gasteiger partial charge in [0.05, 0.1) is 18.5 Å². The van der Waals surface area contributed by atoms with Crippen molar-refractivity contribution >= 4 is 11.8 Å². The van der Waals surface area contributed by atoms with Crippen molar-refractivity contribution in [3.8, 4) is 0 Å². The summed E-state index contributed by atoms with van der Waals surface area (Å²) in [6.07, 6.45) is 3.39. The van der Waals surface area contributed by atoms with Gasteiger partial charge in [0.2, 0.25) is 11.8 Å². The van der Waals surface area contributed by atoms with Crippen LogP contribution in [0.4, 0.5) is 0 Å². The molecule has 1 fully saturated rings. The van der Waals surface area contributed by atoms with Gasteiger partial charge in [-0.15, -0.1) is 0 Å². The molecule has 5 nitrogen and oxygen atoms in total. The molecule has 3 atom stereocenters. The summed E-state index contributed by atoms with van der Waals surface area (Å²) >= 11 is 0. The zero-order chi connectivity index (χ0) is 19.3. The maximum Gasteiger partial charge on any atom is 0.247 e. The molecule has 3 aliphatic rings. The van der Waals surface area contributed by atoms with Gasteiger partial charge in [-0.2, -0.15) is 0 Å². The molecular formula is C23H25N3O2. The van der Waals surface area contributed by atoms with Gasteiger partial charge in [0.15, 0.2) is 0 Å². The standard InChI is InChI=1S/C23H25N3O2/c24-21-17-7-3-1-5-15(17)11-19(21)25-23(28)22-18-8-4-2-6-16(18)12-20(27)26(22)13-14-9-10-14/h1-8,14,19,21-22H,9-13,24H2,(H,25,28)/t19-,21?,22?/m0/s1. The predicted molar refractivity (Wildman–Crippen MR) is 106 cm³/mol. The molecule has 0 spiro atoms. The molecular weight excluding hydrogens is 350 g/mol. The van der Waals surface area contributed by atoms with E-state index in [4.69, 9.17) is 5.73 Å². The number of fused-ring (bicyclic) bond motifs is 2. The van der Waals surface area contributed by atoms with Crippen molar-refractivity contribution in [3.63, 3.8) is 0 Å². The van der Waals surface area contributed by atoms with E-state index in [2.05, 4.69) is 11.4 Å². The number of nitrogens with one attached hydrogen (secondary N) is 1. The van der Waals surface area contributed by atoms with Crippen molar-refractivity contribution in [2.75, 3.05) is 6.54 Å². The number of carbonyl (C=O) groups is 2. The Morgan fingerprint density at radius 3 is 2.43 bits per heavy atom. The molecule has 3 N–H and O–H groups in total. The molecule has 1 heterocycles. The van der Waals surface area contributed by atoms with E-state index in [1.165, 1.54) is 5.56 Å². The van der Waals surface area contributed by atoms with Gasteiger partial charge in [-0.05, 0) is 47.4 Å². The Kier molecular flexibility index (Phi) is 4.20. The minimum absolute atomic E-state index is 0.0461. The van der Waals surface area contributed by atoms with Gasteiger partial charge in [0, 0.05) is 6.54 Å². The van der Waals surface area contributed by atoms with E-state index in [-0.39, 0.29) is 23.9 Å². The lowest BCUT2D eigenvalue weighted by Gasteiger charge is -2.37. The minimum Gasteiger partial charge on any atom is -0.349 e. The van der Waals surface area contributed by atoms with Crippen LogP contribution in [0, 0.1) is 5.92 Å². The summed E-state index contributed by atoms with van der Waals surface area (Å²) in [7, 11) is 0. The Morgan fingerprint density at radius 1 is 1.04 bits per heavy atom. The van der Waals surface area contributed by atoms with Gasteiger partial charge in [0.1, 0.15) is 6.04 Å². The molecule has 2 aliphatic carbocycles. The first kappa shape index (κ1) is 17.4. The summed E-state index contributed by atoms with van der Waals surface area (Å²) in [5.74, 6) is 0.460. The summed E-state index contributed by atoms with van der Waals surface area (Å²) in [6, 6.07) is 15.0. The molecule has 0 radical (unpaired) electrons. The van der Waals surface area contributed by atoms with Crippen molar-refractivity contribution in [1.82, 2.24) is 10.2 Å². The molecule has 0 saturated heterocycles. The number of nitrogens with two attached hydrogens (primary N) is 1. The van der Waals surface area contributed by atoms with E-state index < -0.39 is 6.04 Å². The Bertz CT molecular complexity index is 937. The van der Waals surface area contributed by atoms with Crippen LogP contribution in [-0.4, -0.2) is 29.3 Å². The average molecular weight is 375 g/mol. The molecule has 2 amide bonds. The summed E-state index contributed by atoms with van der Waals surface area (Å²) < 4.78 is 0. The van der Waals surface area contributed by atoms with Crippen LogP contribution in [0.25, 0.3) is 0 Å². The summed E-state index contributed by atoms with van der Waals surface area (Å²) in [6.45, 7) is 0.669. The van der Waals surface area contributed by atoms with Gasteiger partial charge >= 0.3 is 0 Å². The molecule has 0 aromatic heterocycles. The second kappa shape index (κ2) is 6.74. The summed E-state index contributed by atoms with van der Waals surface area (Å²) in [5.41, 5.74) is 10.6. The first-order chi connectivity index (χ1) is 13.6. The Balaban J connectivity index is 1.42. The molecule has 144 valence electrons. The number of hydrogen-bond donors (Lipinski definition) is 2. The van der Waals surface area contributed by atoms with Gasteiger partial charge in [0.25, 0.3) is 0 Å². The normalized spacial score (nSPS) is 26.0. The zero-order valence-corrected chi connectivity index (χ0v) is 15.8. The molecule has 1 aliphatic heterocycles. The van der Waals surface area contributed by atoms with E-state index in [1.807, 2.05) is 42.5 Å². The van der Waals surface area contributed by atoms with Crippen LogP contribution in [0.15, 0.2) is 48.5 Å². The highest BCUT2D eigenvalue weighted by atomic mass is 16.2. The molecule has 5 heteroatoms. The molecule has 2 aromatic rings. The fraction of sp³-hybridized carbons (Fsp3) is 0.391. The number of hydrogen-bond acceptors (Lipinski definition) is 3. The summed E-state index contributed by atoms with van der Waals surface area (Å²) in [4.78, 5) is 28.0. The van der Waals surface area contributed by atoms with Crippen LogP contribution < -0.4 is 11.1 Å². The SMILES string of the molecule is NC1c2ccccc2C[C@@H]1NC(=O)C1c2ccccc2CC(=O)N1CC1CC1. The maximum absolute atomic E-state index is 13.4. The average Bonchev–Trinajstić information content (AvgIpc) is 3.46. The Morgan fingerprint density at radius 2 is 1.71 bits per heavy atom. The van der Waals surface area contributed by atoms with E-state index in [0.717, 1.165) is 36.0 Å². The van der Waals surface area contributed by atoms with Gasteiger partial charge in [-0.1, -0.05) is 48.5 Å². The highest BCUT2D eigenvalue weighted by Crippen LogP contribution is 2.37. The fourth-order valence-corrected chi connectivity index (χ4v) is 4.64. The van der Waals surface area contributed by atoms with E-state index in [0.29, 0.717) is 18.9 Å². The van der Waals surface area contributed by atoms with Gasteiger partial charge < -0.3 is 16.0 Å². The first-order valence-electron chi connectivity index (χ1n) is 10.1. The van der Waals surface area contributed by atoms with Crippen molar-refractivity contribution < 1.29 is 9.59 Å². The van der Waals surface area contributed by atoms with Crippen LogP contribution >= 0.6 is 0 Å². The van der Waals surface area contributed by atoms with E-state index >= 15 is 0 Å². The van der Waals surface area contributed by atoms with Gasteiger partial charge in [-0.25, -0.2) is 0 Å². The minimum atomic E-state index is -0.561. The van der Waals surface area contributed by atoms with Crippen molar-refractivity contribution in [2.24, 2.45) is 11.7 Å². The lowest BCUT2D eigenvalue weighted by Crippen LogP contribution is -2.51. The zero-order valence-electron chi connectivity index (χ0n) is 15.8. The molecule has 2 unspecified atom stereocenters. The second-order valence-electron chi connectivity index (χ2n) is 8.31. The number of benzene rings is 2. The molecule has 5 rings (SSSR count). The first-order valence-corrected chi connectivity index (χ1v) is 10.1. The van der Waals surface area contributed by atoms with Crippen molar-refractivity contribution in [2.45, 2.75) is 43.8 Å². The third-order valence-corrected chi connectivity index (χ3v) is 6.34. The van der Waals surface area contributed by atoms with Crippen LogP contribution in [0.1, 0.15) is 47.2 Å². The highest BCUT2D eigenvalue weighted by molar-refractivity contribution is 5.92. The predicted octanol–water partition coefficient (Wildman–Crippen LogP) is 2.26. The number of carbonyl (C=O) groups excluding carboxylic acids is 2. The summed E-state index contributed by atoms with van der Waals surface area (Å²) in [5, 5.41) is 3.17. The van der Waals surface area contributed by atoms with Crippen molar-refractivity contribution in [3.05, 3.63) is 70.8 Å². The fourth-order valence-electron chi connectivity index (χ4n) is 4.64. The van der Waals surface area contributed by atoms with Crippen LogP contribution in [0.3, 0.4) is 0 Å². The third-order valence-electron chi connectivity index (χ3n) is 6.34. The lowest BCUT2D eigenvalue weighted by molar-refractivity contribution is -0.142. The topological polar surface area (TPSA) is 75.4 Å². The number of rotatable bonds is 4. The Hall–Kier alpha value is -2.66. The van der Waals surface area contributed by atoms with Crippen LogP contribution in [0.2, 0.25) is 0 Å². The Labute approximate surface area is 164 Å². The lowest BCUT2D eigenvalue weighted by atomic mass is 9.91. The number of nitrogens with zero attached hydrogens (tertiary/aromatic N) is 1. The maximum atomic E-state index is 13.4. The van der Waals surface area contributed by atoms with E-state index in [9.17, 15) is 9.59 Å². The smallest absolute Gasteiger partial charge is 0.247 e. The molecule has 2 aromatic carbocycles. The van der Waals surface area contributed by atoms with Crippen LogP contribution in [0.5, 0.6) is 0 Å². The van der Waals surface area contributed by atoms with E-state index in [1.54, 1.807) is 4.90 Å². The monoisotopic (exact) mass is 375 g/mol. The third kappa shape index (κ3) is 3.00. The number of amides is 2. The van der Waals surface area contributed by atoms with Gasteiger partial charge in [-0.3, -0.25) is 9.59 Å². The van der Waals surface area contributed by atoms with Crippen LogP contribution in [-0.2, 0) is 22.4 Å². The molecule has 1 saturated carbocycles. The largest absolute Gasteiger partial charge is 0.349 e. The quantitative estimate of drug-likeness (QED) is 0.861. The molecule has 0 bridgehead atoms. The molecule has 28 heavy (non-hydrogen) atoms. The second-order valence-corrected chi connectivity index (χ2v) is 8.31. The van der Waals surface area contributed by atoms with Crippen molar-refractivity contribution in [1.29, 1.82) is 0 Å². The highest BCUT2D eigenvalue weighted by Gasteiger charge is 2.41.